The van der Waals surface area contributed by atoms with Gasteiger partial charge in [-0.15, -0.1) is 0 Å². The number of alkyl halides is 3. The van der Waals surface area contributed by atoms with Gasteiger partial charge in [-0.05, 0) is 30.2 Å². The molecule has 6 heteroatoms. The van der Waals surface area contributed by atoms with Crippen molar-refractivity contribution in [3.63, 3.8) is 0 Å². The number of carboxylic acid groups (broad SMARTS) is 1. The fraction of sp³-hybridized carbons (Fsp3) is 0.400. The van der Waals surface area contributed by atoms with Crippen LogP contribution in [0.1, 0.15) is 37.3 Å². The van der Waals surface area contributed by atoms with Gasteiger partial charge in [-0.25, -0.2) is 4.79 Å². The lowest BCUT2D eigenvalue weighted by Crippen LogP contribution is -2.09. The Kier molecular flexibility index (Phi) is 6.27. The summed E-state index contributed by atoms with van der Waals surface area (Å²) in [5, 5.41) is 8.49. The Morgan fingerprint density at radius 1 is 1.33 bits per heavy atom. The lowest BCUT2D eigenvalue weighted by Gasteiger charge is -2.14. The number of hydrogen-bond donors (Lipinski definition) is 1. The standard InChI is InChI=1S/C15H17F3O3/c1-2-3-4-9-21-13-7-5-11(6-8-14(19)20)10-12(13)15(16,17)18/h5-8,10H,2-4,9H2,1H3,(H,19,20). The van der Waals surface area contributed by atoms with E-state index < -0.39 is 17.7 Å². The van der Waals surface area contributed by atoms with Crippen LogP contribution in [0.25, 0.3) is 6.08 Å². The van der Waals surface area contributed by atoms with Crippen LogP contribution in [0.2, 0.25) is 0 Å². The fourth-order valence-electron chi connectivity index (χ4n) is 1.70. The van der Waals surface area contributed by atoms with Gasteiger partial charge in [0.1, 0.15) is 5.75 Å². The Bertz CT molecular complexity index is 507. The third kappa shape index (κ3) is 5.89. The summed E-state index contributed by atoms with van der Waals surface area (Å²) >= 11 is 0. The van der Waals surface area contributed by atoms with Crippen LogP contribution in [0.3, 0.4) is 0 Å². The van der Waals surface area contributed by atoms with Gasteiger partial charge in [0.2, 0.25) is 0 Å². The summed E-state index contributed by atoms with van der Waals surface area (Å²) in [6, 6.07) is 3.49. The van der Waals surface area contributed by atoms with Crippen molar-refractivity contribution in [1.82, 2.24) is 0 Å². The highest BCUT2D eigenvalue weighted by atomic mass is 19.4. The van der Waals surface area contributed by atoms with Crippen LogP contribution in [0.4, 0.5) is 13.2 Å². The zero-order chi connectivity index (χ0) is 15.9. The molecule has 0 aliphatic heterocycles. The lowest BCUT2D eigenvalue weighted by atomic mass is 10.1. The molecule has 0 unspecified atom stereocenters. The molecule has 1 rings (SSSR count). The molecule has 0 spiro atoms. The molecule has 0 heterocycles. The maximum atomic E-state index is 13.0. The third-order valence-corrected chi connectivity index (χ3v) is 2.73. The van der Waals surface area contributed by atoms with Crippen LogP contribution in [0.15, 0.2) is 24.3 Å². The van der Waals surface area contributed by atoms with Crippen molar-refractivity contribution in [3.05, 3.63) is 35.4 Å². The van der Waals surface area contributed by atoms with E-state index in [1.165, 1.54) is 12.1 Å². The van der Waals surface area contributed by atoms with E-state index in [-0.39, 0.29) is 17.9 Å². The summed E-state index contributed by atoms with van der Waals surface area (Å²) in [5.74, 6) is -1.45. The van der Waals surface area contributed by atoms with Gasteiger partial charge in [-0.1, -0.05) is 25.8 Å². The minimum absolute atomic E-state index is 0.158. The molecule has 0 bridgehead atoms. The van der Waals surface area contributed by atoms with Gasteiger partial charge in [0, 0.05) is 6.08 Å². The molecule has 116 valence electrons. The second-order valence-corrected chi connectivity index (χ2v) is 4.48. The number of rotatable bonds is 7. The molecular weight excluding hydrogens is 285 g/mol. The van der Waals surface area contributed by atoms with E-state index >= 15 is 0 Å². The van der Waals surface area contributed by atoms with Crippen molar-refractivity contribution in [1.29, 1.82) is 0 Å². The topological polar surface area (TPSA) is 46.5 Å². The molecule has 0 fully saturated rings. The largest absolute Gasteiger partial charge is 0.493 e. The van der Waals surface area contributed by atoms with Crippen LogP contribution in [0, 0.1) is 0 Å². The predicted molar refractivity (Wildman–Crippen MR) is 73.1 cm³/mol. The van der Waals surface area contributed by atoms with Gasteiger partial charge < -0.3 is 9.84 Å². The smallest absolute Gasteiger partial charge is 0.419 e. The monoisotopic (exact) mass is 302 g/mol. The van der Waals surface area contributed by atoms with E-state index in [9.17, 15) is 18.0 Å². The first kappa shape index (κ1) is 17.1. The third-order valence-electron chi connectivity index (χ3n) is 2.73. The van der Waals surface area contributed by atoms with Gasteiger partial charge in [-0.2, -0.15) is 13.2 Å². The lowest BCUT2D eigenvalue weighted by molar-refractivity contribution is -0.139. The first-order chi connectivity index (χ1) is 9.84. The molecule has 0 saturated carbocycles. The van der Waals surface area contributed by atoms with Crippen LogP contribution < -0.4 is 4.74 Å². The summed E-state index contributed by atoms with van der Waals surface area (Å²) in [6.45, 7) is 2.21. The van der Waals surface area contributed by atoms with E-state index in [1.807, 2.05) is 6.92 Å². The number of benzene rings is 1. The number of hydrogen-bond acceptors (Lipinski definition) is 2. The van der Waals surface area contributed by atoms with Gasteiger partial charge in [-0.3, -0.25) is 0 Å². The Balaban J connectivity index is 2.95. The molecule has 1 aromatic rings. The maximum absolute atomic E-state index is 13.0. The second kappa shape index (κ2) is 7.71. The van der Waals surface area contributed by atoms with Crippen molar-refractivity contribution < 1.29 is 27.8 Å². The van der Waals surface area contributed by atoms with E-state index in [0.717, 1.165) is 31.1 Å². The van der Waals surface area contributed by atoms with Crippen molar-refractivity contribution in [2.24, 2.45) is 0 Å². The van der Waals surface area contributed by atoms with Crippen LogP contribution in [-0.4, -0.2) is 17.7 Å². The van der Waals surface area contributed by atoms with Crippen molar-refractivity contribution in [2.45, 2.75) is 32.4 Å². The van der Waals surface area contributed by atoms with Gasteiger partial charge in [0.05, 0.1) is 12.2 Å². The van der Waals surface area contributed by atoms with E-state index in [4.69, 9.17) is 9.84 Å². The number of aliphatic carboxylic acids is 1. The quantitative estimate of drug-likeness (QED) is 0.601. The first-order valence-corrected chi connectivity index (χ1v) is 6.59. The molecule has 1 N–H and O–H groups in total. The number of carboxylic acids is 1. The molecule has 0 aromatic heterocycles. The maximum Gasteiger partial charge on any atom is 0.419 e. The highest BCUT2D eigenvalue weighted by Crippen LogP contribution is 2.37. The summed E-state index contributed by atoms with van der Waals surface area (Å²) < 4.78 is 44.1. The molecule has 0 aliphatic rings. The number of ether oxygens (including phenoxy) is 1. The van der Waals surface area contributed by atoms with Gasteiger partial charge >= 0.3 is 12.1 Å². The summed E-state index contributed by atoms with van der Waals surface area (Å²) in [6.07, 6.45) is -0.119. The average Bonchev–Trinajstić information content (AvgIpc) is 2.41. The zero-order valence-corrected chi connectivity index (χ0v) is 11.6. The minimum Gasteiger partial charge on any atom is -0.493 e. The normalized spacial score (nSPS) is 11.8. The molecule has 0 saturated heterocycles. The molecule has 3 nitrogen and oxygen atoms in total. The van der Waals surface area contributed by atoms with Crippen molar-refractivity contribution in [2.75, 3.05) is 6.61 Å². The van der Waals surface area contributed by atoms with E-state index in [0.29, 0.717) is 6.42 Å². The summed E-state index contributed by atoms with van der Waals surface area (Å²) in [7, 11) is 0. The SMILES string of the molecule is CCCCCOc1ccc(C=CC(=O)O)cc1C(F)(F)F. The van der Waals surface area contributed by atoms with Crippen LogP contribution in [-0.2, 0) is 11.0 Å². The van der Waals surface area contributed by atoms with E-state index in [1.54, 1.807) is 0 Å². The number of carbonyl (C=O) groups is 1. The molecule has 0 amide bonds. The Labute approximate surface area is 121 Å². The second-order valence-electron chi connectivity index (χ2n) is 4.48. The molecule has 21 heavy (non-hydrogen) atoms. The first-order valence-electron chi connectivity index (χ1n) is 6.59. The van der Waals surface area contributed by atoms with Gasteiger partial charge in [0.15, 0.2) is 0 Å². The predicted octanol–water partition coefficient (Wildman–Crippen LogP) is 4.37. The van der Waals surface area contributed by atoms with Crippen molar-refractivity contribution >= 4 is 12.0 Å². The Hall–Kier alpha value is -1.98. The van der Waals surface area contributed by atoms with Crippen molar-refractivity contribution in [3.8, 4) is 5.75 Å². The highest BCUT2D eigenvalue weighted by molar-refractivity contribution is 5.85. The summed E-state index contributed by atoms with van der Waals surface area (Å²) in [5.41, 5.74) is -0.739. The van der Waals surface area contributed by atoms with Crippen LogP contribution >= 0.6 is 0 Å². The Morgan fingerprint density at radius 3 is 2.62 bits per heavy atom. The number of halogens is 3. The molecule has 0 aliphatic carbocycles. The average molecular weight is 302 g/mol. The highest BCUT2D eigenvalue weighted by Gasteiger charge is 2.34. The Morgan fingerprint density at radius 2 is 2.05 bits per heavy atom. The van der Waals surface area contributed by atoms with Crippen LogP contribution in [0.5, 0.6) is 5.75 Å². The van der Waals surface area contributed by atoms with E-state index in [2.05, 4.69) is 0 Å². The fourth-order valence-corrected chi connectivity index (χ4v) is 1.70. The van der Waals surface area contributed by atoms with Gasteiger partial charge in [0.25, 0.3) is 0 Å². The number of unbranched alkanes of at least 4 members (excludes halogenated alkanes) is 2. The minimum atomic E-state index is -4.55. The molecule has 0 radical (unpaired) electrons. The molecule has 1 aromatic carbocycles. The zero-order valence-electron chi connectivity index (χ0n) is 11.6. The molecule has 0 atom stereocenters. The molecular formula is C15H17F3O3. The summed E-state index contributed by atoms with van der Waals surface area (Å²) in [4.78, 5) is 10.4.